The van der Waals surface area contributed by atoms with Gasteiger partial charge in [-0.15, -0.1) is 0 Å². The van der Waals surface area contributed by atoms with E-state index < -0.39 is 0 Å². The molecule has 0 atom stereocenters. The molecule has 0 spiro atoms. The van der Waals surface area contributed by atoms with Crippen LogP contribution in [-0.4, -0.2) is 19.7 Å². The fraction of sp³-hybridized carbons (Fsp3) is 0.600. The van der Waals surface area contributed by atoms with E-state index in [1.54, 1.807) is 7.11 Å². The largest absolute Gasteiger partial charge is 0.496 e. The maximum Gasteiger partial charge on any atom is 0.122 e. The van der Waals surface area contributed by atoms with Gasteiger partial charge in [0.25, 0.3) is 0 Å². The van der Waals surface area contributed by atoms with Crippen LogP contribution in [0.4, 0.5) is 0 Å². The molecule has 0 aliphatic rings. The zero-order valence-electron chi connectivity index (χ0n) is 12.0. The molecule has 0 radical (unpaired) electrons. The number of hydrogen-bond acceptors (Lipinski definition) is 2. The van der Waals surface area contributed by atoms with E-state index in [-0.39, 0.29) is 5.41 Å². The van der Waals surface area contributed by atoms with Crippen LogP contribution in [-0.2, 0) is 6.42 Å². The minimum atomic E-state index is 0.207. The summed E-state index contributed by atoms with van der Waals surface area (Å²) in [4.78, 5) is 0. The molecule has 0 unspecified atom stereocenters. The van der Waals surface area contributed by atoms with Gasteiger partial charge in [-0.05, 0) is 35.6 Å². The first-order chi connectivity index (χ1) is 8.34. The van der Waals surface area contributed by atoms with Crippen molar-refractivity contribution in [1.29, 1.82) is 0 Å². The highest BCUT2D eigenvalue weighted by Gasteiger charge is 2.20. The number of hydrogen-bond donors (Lipinski definition) is 1. The van der Waals surface area contributed by atoms with E-state index in [2.05, 4.69) is 55.0 Å². The molecule has 0 aliphatic carbocycles. The van der Waals surface area contributed by atoms with Crippen molar-refractivity contribution in [1.82, 2.24) is 5.32 Å². The lowest BCUT2D eigenvalue weighted by molar-refractivity contribution is 0.318. The molecule has 102 valence electrons. The van der Waals surface area contributed by atoms with Gasteiger partial charge in [0, 0.05) is 17.1 Å². The summed E-state index contributed by atoms with van der Waals surface area (Å²) in [7, 11) is 1.73. The van der Waals surface area contributed by atoms with Gasteiger partial charge in [-0.25, -0.2) is 0 Å². The average molecular weight is 314 g/mol. The highest BCUT2D eigenvalue weighted by molar-refractivity contribution is 9.10. The zero-order valence-corrected chi connectivity index (χ0v) is 13.6. The van der Waals surface area contributed by atoms with Gasteiger partial charge >= 0.3 is 0 Å². The topological polar surface area (TPSA) is 21.3 Å². The van der Waals surface area contributed by atoms with Crippen LogP contribution in [0.1, 0.15) is 33.3 Å². The lowest BCUT2D eigenvalue weighted by Crippen LogP contribution is -2.35. The quantitative estimate of drug-likeness (QED) is 0.856. The Kier molecular flexibility index (Phi) is 5.67. The molecule has 1 aromatic rings. The van der Waals surface area contributed by atoms with E-state index in [9.17, 15) is 0 Å². The predicted octanol–water partition coefficient (Wildman–Crippen LogP) is 4.02. The number of methoxy groups -OCH3 is 1. The third kappa shape index (κ3) is 4.99. The van der Waals surface area contributed by atoms with Gasteiger partial charge < -0.3 is 10.1 Å². The first kappa shape index (κ1) is 15.5. The summed E-state index contributed by atoms with van der Waals surface area (Å²) in [6.45, 7) is 9.91. The second kappa shape index (κ2) is 6.58. The van der Waals surface area contributed by atoms with Crippen LogP contribution in [0.5, 0.6) is 5.75 Å². The fourth-order valence-corrected chi connectivity index (χ4v) is 2.35. The third-order valence-corrected chi connectivity index (χ3v) is 3.39. The van der Waals surface area contributed by atoms with Crippen molar-refractivity contribution in [2.24, 2.45) is 5.41 Å². The van der Waals surface area contributed by atoms with Crippen LogP contribution < -0.4 is 10.1 Å². The van der Waals surface area contributed by atoms with Crippen LogP contribution in [0, 0.1) is 5.41 Å². The molecule has 0 aromatic heterocycles. The molecule has 0 aliphatic heterocycles. The molecule has 0 fully saturated rings. The standard InChI is InChI=1S/C15H24BrNO/c1-11(2)17-10-15(3,4)9-12-8-13(16)6-7-14(12)18-5/h6-8,11,17H,9-10H2,1-5H3. The number of ether oxygens (including phenoxy) is 1. The van der Waals surface area contributed by atoms with E-state index in [4.69, 9.17) is 4.74 Å². The Labute approximate surface area is 119 Å². The summed E-state index contributed by atoms with van der Waals surface area (Å²) in [5, 5.41) is 3.51. The summed E-state index contributed by atoms with van der Waals surface area (Å²) in [6.07, 6.45) is 0.995. The van der Waals surface area contributed by atoms with E-state index >= 15 is 0 Å². The summed E-state index contributed by atoms with van der Waals surface area (Å²) in [6, 6.07) is 6.71. The first-order valence-corrected chi connectivity index (χ1v) is 7.19. The van der Waals surface area contributed by atoms with Crippen molar-refractivity contribution in [3.05, 3.63) is 28.2 Å². The minimum Gasteiger partial charge on any atom is -0.496 e. The maximum absolute atomic E-state index is 5.43. The Morgan fingerprint density at radius 1 is 1.33 bits per heavy atom. The summed E-state index contributed by atoms with van der Waals surface area (Å²) < 4.78 is 6.53. The van der Waals surface area contributed by atoms with Crippen molar-refractivity contribution in [3.63, 3.8) is 0 Å². The second-order valence-electron chi connectivity index (χ2n) is 5.83. The van der Waals surface area contributed by atoms with E-state index in [0.717, 1.165) is 23.2 Å². The van der Waals surface area contributed by atoms with Crippen molar-refractivity contribution in [2.45, 2.75) is 40.2 Å². The Balaban J connectivity index is 2.79. The number of rotatable bonds is 6. The predicted molar refractivity (Wildman–Crippen MR) is 81.3 cm³/mol. The molecule has 0 heterocycles. The van der Waals surface area contributed by atoms with Gasteiger partial charge in [-0.2, -0.15) is 0 Å². The zero-order chi connectivity index (χ0) is 13.8. The highest BCUT2D eigenvalue weighted by atomic mass is 79.9. The lowest BCUT2D eigenvalue weighted by Gasteiger charge is -2.27. The monoisotopic (exact) mass is 313 g/mol. The maximum atomic E-state index is 5.43. The molecule has 1 N–H and O–H groups in total. The van der Waals surface area contributed by atoms with E-state index in [1.165, 1.54) is 5.56 Å². The number of nitrogens with one attached hydrogen (secondary N) is 1. The first-order valence-electron chi connectivity index (χ1n) is 6.40. The summed E-state index contributed by atoms with van der Waals surface area (Å²) in [5.41, 5.74) is 1.46. The molecule has 0 amide bonds. The SMILES string of the molecule is COc1ccc(Br)cc1CC(C)(C)CNC(C)C. The normalized spacial score (nSPS) is 11.9. The molecule has 2 nitrogen and oxygen atoms in total. The molecule has 0 saturated carbocycles. The minimum absolute atomic E-state index is 0.207. The number of benzene rings is 1. The van der Waals surface area contributed by atoms with Gasteiger partial charge in [0.2, 0.25) is 0 Å². The van der Waals surface area contributed by atoms with Gasteiger partial charge in [-0.3, -0.25) is 0 Å². The van der Waals surface area contributed by atoms with Crippen molar-refractivity contribution in [2.75, 3.05) is 13.7 Å². The Hall–Kier alpha value is -0.540. The van der Waals surface area contributed by atoms with Gasteiger partial charge in [0.1, 0.15) is 5.75 Å². The molecular weight excluding hydrogens is 290 g/mol. The molecule has 1 rings (SSSR count). The average Bonchev–Trinajstić information content (AvgIpc) is 2.26. The summed E-state index contributed by atoms with van der Waals surface area (Å²) in [5.74, 6) is 0.968. The van der Waals surface area contributed by atoms with E-state index in [0.29, 0.717) is 6.04 Å². The van der Waals surface area contributed by atoms with Crippen molar-refractivity contribution >= 4 is 15.9 Å². The summed E-state index contributed by atoms with van der Waals surface area (Å²) >= 11 is 3.52. The van der Waals surface area contributed by atoms with Gasteiger partial charge in [0.05, 0.1) is 7.11 Å². The molecule has 3 heteroatoms. The van der Waals surface area contributed by atoms with Crippen LogP contribution in [0.3, 0.4) is 0 Å². The molecule has 1 aromatic carbocycles. The van der Waals surface area contributed by atoms with Crippen LogP contribution in [0.25, 0.3) is 0 Å². The van der Waals surface area contributed by atoms with Crippen LogP contribution in [0.15, 0.2) is 22.7 Å². The molecule has 18 heavy (non-hydrogen) atoms. The Morgan fingerprint density at radius 3 is 2.56 bits per heavy atom. The molecular formula is C15H24BrNO. The number of halogens is 1. The Bertz CT molecular complexity index is 388. The van der Waals surface area contributed by atoms with E-state index in [1.807, 2.05) is 12.1 Å². The lowest BCUT2D eigenvalue weighted by atomic mass is 9.85. The fourth-order valence-electron chi connectivity index (χ4n) is 1.94. The second-order valence-corrected chi connectivity index (χ2v) is 6.75. The smallest absolute Gasteiger partial charge is 0.122 e. The Morgan fingerprint density at radius 2 is 2.00 bits per heavy atom. The molecule has 0 bridgehead atoms. The highest BCUT2D eigenvalue weighted by Crippen LogP contribution is 2.29. The van der Waals surface area contributed by atoms with Crippen LogP contribution >= 0.6 is 15.9 Å². The molecule has 0 saturated heterocycles. The van der Waals surface area contributed by atoms with Gasteiger partial charge in [0.15, 0.2) is 0 Å². The van der Waals surface area contributed by atoms with Crippen molar-refractivity contribution in [3.8, 4) is 5.75 Å². The van der Waals surface area contributed by atoms with Crippen LogP contribution in [0.2, 0.25) is 0 Å². The van der Waals surface area contributed by atoms with Gasteiger partial charge in [-0.1, -0.05) is 43.6 Å². The van der Waals surface area contributed by atoms with Crippen molar-refractivity contribution < 1.29 is 4.74 Å². The third-order valence-electron chi connectivity index (χ3n) is 2.90.